The number of carbonyl (C=O) groups excluding carboxylic acids is 3. The maximum absolute atomic E-state index is 14.8. The molecule has 2 bridgehead atoms. The Morgan fingerprint density at radius 3 is 2.24 bits per heavy atom. The van der Waals surface area contributed by atoms with Gasteiger partial charge in [0.05, 0.1) is 23.7 Å². The maximum Gasteiger partial charge on any atom is 0.251 e. The highest BCUT2D eigenvalue weighted by atomic mass is 79.9. The van der Waals surface area contributed by atoms with E-state index in [9.17, 15) is 19.5 Å². The fourth-order valence-corrected chi connectivity index (χ4v) is 10.9. The number of hydrogen-bond acceptors (Lipinski definition) is 6. The summed E-state index contributed by atoms with van der Waals surface area (Å²) in [7, 11) is 1.60. The lowest BCUT2D eigenvalue weighted by molar-refractivity contribution is -0.139. The van der Waals surface area contributed by atoms with Crippen molar-refractivity contribution in [3.8, 4) is 5.75 Å². The van der Waals surface area contributed by atoms with Gasteiger partial charge in [-0.25, -0.2) is 0 Å². The van der Waals surface area contributed by atoms with E-state index < -0.39 is 22.6 Å². The summed E-state index contributed by atoms with van der Waals surface area (Å²) in [5, 5.41) is 9.10. The number of nitrogens with zero attached hydrogens (tertiary/aromatic N) is 3. The molecule has 5 rings (SSSR count). The number of thioether (sulfide) groups is 1. The molecule has 0 saturated carbocycles. The van der Waals surface area contributed by atoms with E-state index in [0.717, 1.165) is 18.5 Å². The molecule has 45 heavy (non-hydrogen) atoms. The third-order valence-electron chi connectivity index (χ3n) is 9.22. The number of aliphatic hydroxyl groups excluding tert-OH is 1. The molecule has 0 aromatic heterocycles. The molecule has 1 spiro atoms. The lowest BCUT2D eigenvalue weighted by Crippen LogP contribution is -2.56. The zero-order chi connectivity index (χ0) is 32.1. The topological polar surface area (TPSA) is 90.4 Å². The summed E-state index contributed by atoms with van der Waals surface area (Å²) in [5.74, 6) is -0.944. The molecule has 8 nitrogen and oxygen atoms in total. The number of aliphatic hydroxyl groups is 1. The van der Waals surface area contributed by atoms with Crippen molar-refractivity contribution in [2.45, 2.75) is 53.0 Å². The number of hydrogen-bond donors (Lipinski definition) is 1. The average molecular weight is 697 g/mol. The minimum Gasteiger partial charge on any atom is -0.497 e. The lowest BCUT2D eigenvalue weighted by atomic mass is 9.70. The minimum absolute atomic E-state index is 0.0319. The first kappa shape index (κ1) is 33.3. The van der Waals surface area contributed by atoms with E-state index in [4.69, 9.17) is 4.74 Å². The molecule has 2 aromatic carbocycles. The highest BCUT2D eigenvalue weighted by Crippen LogP contribution is 2.68. The number of unbranched alkanes of at least 4 members (excludes halogenated alkanes) is 3. The Hall–Kier alpha value is -3.08. The molecule has 10 heteroatoms. The van der Waals surface area contributed by atoms with E-state index in [1.807, 2.05) is 54.6 Å². The quantitative estimate of drug-likeness (QED) is 0.151. The zero-order valence-corrected chi connectivity index (χ0v) is 28.1. The Morgan fingerprint density at radius 1 is 1.00 bits per heavy atom. The predicted molar refractivity (Wildman–Crippen MR) is 184 cm³/mol. The number of alkyl halides is 1. The molecule has 2 aromatic rings. The Kier molecular flexibility index (Phi) is 10.8. The first-order chi connectivity index (χ1) is 21.8. The number of para-hydroxylation sites is 1. The van der Waals surface area contributed by atoms with Crippen LogP contribution < -0.4 is 14.5 Å². The normalized spacial score (nSPS) is 26.4. The molecular formula is C35H42BrN3O5S. The number of ether oxygens (including phenoxy) is 1. The van der Waals surface area contributed by atoms with Gasteiger partial charge in [0.15, 0.2) is 0 Å². The van der Waals surface area contributed by atoms with Crippen LogP contribution in [0.25, 0.3) is 0 Å². The molecule has 3 amide bonds. The molecule has 3 aliphatic rings. The van der Waals surface area contributed by atoms with Crippen molar-refractivity contribution in [1.82, 2.24) is 4.90 Å². The van der Waals surface area contributed by atoms with E-state index in [2.05, 4.69) is 29.1 Å². The highest BCUT2D eigenvalue weighted by Gasteiger charge is 2.76. The molecule has 3 aliphatic heterocycles. The summed E-state index contributed by atoms with van der Waals surface area (Å²) >= 11 is 5.53. The minimum atomic E-state index is -0.763. The number of rotatable bonds is 15. The van der Waals surface area contributed by atoms with Crippen LogP contribution in [0.5, 0.6) is 5.75 Å². The van der Waals surface area contributed by atoms with Gasteiger partial charge in [-0.05, 0) is 55.7 Å². The van der Waals surface area contributed by atoms with Crippen LogP contribution in [0, 0.1) is 11.8 Å². The number of fused-ring (bicyclic) bond motifs is 1. The van der Waals surface area contributed by atoms with Crippen molar-refractivity contribution < 1.29 is 24.2 Å². The van der Waals surface area contributed by atoms with E-state index in [0.29, 0.717) is 43.8 Å². The Morgan fingerprint density at radius 2 is 1.62 bits per heavy atom. The molecule has 0 aliphatic carbocycles. The number of halogens is 1. The van der Waals surface area contributed by atoms with E-state index in [-0.39, 0.29) is 41.0 Å². The largest absolute Gasteiger partial charge is 0.497 e. The lowest BCUT2D eigenvalue weighted by Gasteiger charge is -2.38. The molecule has 1 N–H and O–H groups in total. The third-order valence-corrected chi connectivity index (χ3v) is 12.4. The zero-order valence-electron chi connectivity index (χ0n) is 25.7. The van der Waals surface area contributed by atoms with Crippen LogP contribution in [0.2, 0.25) is 0 Å². The number of carbonyl (C=O) groups is 3. The van der Waals surface area contributed by atoms with Crippen molar-refractivity contribution in [3.63, 3.8) is 0 Å². The first-order valence-electron chi connectivity index (χ1n) is 15.6. The van der Waals surface area contributed by atoms with Gasteiger partial charge in [0, 0.05) is 47.7 Å². The summed E-state index contributed by atoms with van der Waals surface area (Å²) in [6.45, 7) is 8.94. The van der Waals surface area contributed by atoms with Gasteiger partial charge in [-0.3, -0.25) is 14.4 Å². The first-order valence-corrected chi connectivity index (χ1v) is 17.4. The van der Waals surface area contributed by atoms with Gasteiger partial charge in [-0.2, -0.15) is 0 Å². The van der Waals surface area contributed by atoms with Gasteiger partial charge >= 0.3 is 0 Å². The number of amides is 3. The molecule has 240 valence electrons. The third kappa shape index (κ3) is 6.21. The van der Waals surface area contributed by atoms with Crippen LogP contribution in [0.3, 0.4) is 0 Å². The fraction of sp³-hybridized carbons (Fsp3) is 0.457. The van der Waals surface area contributed by atoms with Crippen molar-refractivity contribution in [3.05, 3.63) is 79.9 Å². The summed E-state index contributed by atoms with van der Waals surface area (Å²) in [4.78, 5) is 49.1. The molecular weight excluding hydrogens is 654 g/mol. The van der Waals surface area contributed by atoms with Gasteiger partial charge in [-0.15, -0.1) is 24.9 Å². The molecule has 3 saturated heterocycles. The van der Waals surface area contributed by atoms with Crippen LogP contribution in [-0.2, 0) is 14.4 Å². The smallest absolute Gasteiger partial charge is 0.251 e. The number of benzene rings is 2. The van der Waals surface area contributed by atoms with E-state index >= 15 is 0 Å². The second kappa shape index (κ2) is 14.6. The second-order valence-electron chi connectivity index (χ2n) is 11.8. The van der Waals surface area contributed by atoms with Crippen LogP contribution >= 0.6 is 27.7 Å². The summed E-state index contributed by atoms with van der Waals surface area (Å²) in [5.41, 5.74) is 1.45. The molecule has 6 atom stereocenters. The van der Waals surface area contributed by atoms with Gasteiger partial charge in [0.25, 0.3) is 5.91 Å². The summed E-state index contributed by atoms with van der Waals surface area (Å²) < 4.78 is 4.58. The van der Waals surface area contributed by atoms with Crippen LogP contribution in [0.1, 0.15) is 32.1 Å². The van der Waals surface area contributed by atoms with Gasteiger partial charge in [-0.1, -0.05) is 59.1 Å². The second-order valence-corrected chi connectivity index (χ2v) is 14.6. The summed E-state index contributed by atoms with van der Waals surface area (Å²) in [6.07, 6.45) is 7.09. The Labute approximate surface area is 278 Å². The van der Waals surface area contributed by atoms with Gasteiger partial charge < -0.3 is 24.5 Å². The highest BCUT2D eigenvalue weighted by molar-refractivity contribution is 9.09. The Bertz CT molecular complexity index is 1390. The SMILES string of the molecule is C=CCN(C(=O)C1N(CCCCCCO)C(=O)[C@@H]2[C@@H](C(=O)N(CC=C)c3ccccc3)[C@@H]3SC12CC3Br)c1ccc(OC)cc1. The van der Waals surface area contributed by atoms with Crippen molar-refractivity contribution in [2.75, 3.05) is 43.2 Å². The predicted octanol–water partition coefficient (Wildman–Crippen LogP) is 5.45. The van der Waals surface area contributed by atoms with Crippen molar-refractivity contribution in [2.24, 2.45) is 11.8 Å². The van der Waals surface area contributed by atoms with Crippen LogP contribution in [0.4, 0.5) is 11.4 Å². The summed E-state index contributed by atoms with van der Waals surface area (Å²) in [6, 6.07) is 16.1. The van der Waals surface area contributed by atoms with Crippen LogP contribution in [-0.4, -0.2) is 81.9 Å². The molecule has 3 heterocycles. The monoisotopic (exact) mass is 695 g/mol. The number of anilines is 2. The maximum atomic E-state index is 14.8. The molecule has 0 radical (unpaired) electrons. The van der Waals surface area contributed by atoms with Crippen LogP contribution in [0.15, 0.2) is 79.9 Å². The number of likely N-dealkylation sites (tertiary alicyclic amines) is 1. The Balaban J connectivity index is 1.54. The van der Waals surface area contributed by atoms with Gasteiger partial charge in [0.2, 0.25) is 11.8 Å². The van der Waals surface area contributed by atoms with Gasteiger partial charge in [0.1, 0.15) is 11.8 Å². The van der Waals surface area contributed by atoms with E-state index in [1.165, 1.54) is 0 Å². The van der Waals surface area contributed by atoms with Crippen molar-refractivity contribution >= 4 is 56.8 Å². The fourth-order valence-electron chi connectivity index (χ4n) is 7.28. The standard InChI is InChI=1S/C35H42BrN3O5S/c1-4-19-37(24-13-9-8-10-14-24)32(41)28-29-33(42)39(21-11-6-7-12-22-40)31(35(29)23-27(36)30(28)45-35)34(43)38(20-5-2)25-15-17-26(44-3)18-16-25/h4-5,8-10,13-18,27-31,40H,1-2,6-7,11-12,19-23H2,3H3/t27?,28-,29+,30-,31?,35?/m1/s1. The molecule has 3 unspecified atom stereocenters. The number of methoxy groups -OCH3 is 1. The van der Waals surface area contributed by atoms with Crippen molar-refractivity contribution in [1.29, 1.82) is 0 Å². The molecule has 3 fully saturated rings. The average Bonchev–Trinajstić information content (AvgIpc) is 3.65. The van der Waals surface area contributed by atoms with E-state index in [1.54, 1.807) is 45.7 Å².